The van der Waals surface area contributed by atoms with Crippen molar-refractivity contribution in [3.05, 3.63) is 24.3 Å². The summed E-state index contributed by atoms with van der Waals surface area (Å²) in [4.78, 5) is 17.8. The number of hydrogen-bond donors (Lipinski definition) is 1. The van der Waals surface area contributed by atoms with E-state index < -0.39 is 10.8 Å². The predicted molar refractivity (Wildman–Crippen MR) is 124 cm³/mol. The van der Waals surface area contributed by atoms with Gasteiger partial charge in [-0.2, -0.15) is 0 Å². The van der Waals surface area contributed by atoms with Crippen LogP contribution in [0, 0.1) is 24.2 Å². The molecule has 1 saturated heterocycles. The topological polar surface area (TPSA) is 66.6 Å². The van der Waals surface area contributed by atoms with Crippen LogP contribution in [0.25, 0.3) is 0 Å². The van der Waals surface area contributed by atoms with E-state index in [1.807, 2.05) is 12.1 Å². The third-order valence-corrected chi connectivity index (χ3v) is 7.71. The van der Waals surface area contributed by atoms with E-state index in [1.54, 1.807) is 6.26 Å². The molecule has 1 aromatic rings. The maximum absolute atomic E-state index is 11.9. The van der Waals surface area contributed by atoms with Crippen LogP contribution >= 0.6 is 0 Å². The van der Waals surface area contributed by atoms with E-state index in [0.29, 0.717) is 5.92 Å². The molecule has 0 aromatic heterocycles. The van der Waals surface area contributed by atoms with Crippen LogP contribution in [0.15, 0.2) is 29.2 Å². The standard InChI is InChI=1S/C24H35N3O2S/c1-3-5-23(28)24(25)20-10-8-19(9-11-20)12-13-26-14-16-27(17-15-26)21-6-4-7-22(18-21)30(2)29/h1,4,6-7,18-20,24H,5,8-17,25H2,2H3. The smallest absolute Gasteiger partial charge is 0.161 e. The molecule has 1 aromatic carbocycles. The molecular formula is C24H35N3O2S. The Morgan fingerprint density at radius 1 is 1.23 bits per heavy atom. The molecule has 0 spiro atoms. The minimum absolute atomic E-state index is 0.0227. The molecule has 2 aliphatic rings. The minimum atomic E-state index is -0.939. The van der Waals surface area contributed by atoms with Crippen LogP contribution in [0.4, 0.5) is 5.69 Å². The third-order valence-electron chi connectivity index (χ3n) is 6.79. The minimum Gasteiger partial charge on any atom is -0.369 e. The lowest BCUT2D eigenvalue weighted by atomic mass is 9.76. The number of nitrogens with zero attached hydrogens (tertiary/aromatic N) is 2. The van der Waals surface area contributed by atoms with Crippen LogP contribution in [0.3, 0.4) is 0 Å². The molecule has 0 bridgehead atoms. The fourth-order valence-electron chi connectivity index (χ4n) is 4.77. The van der Waals surface area contributed by atoms with E-state index in [4.69, 9.17) is 12.2 Å². The first-order chi connectivity index (χ1) is 14.5. The van der Waals surface area contributed by atoms with Gasteiger partial charge in [0.1, 0.15) is 0 Å². The van der Waals surface area contributed by atoms with Gasteiger partial charge < -0.3 is 10.6 Å². The number of piperazine rings is 1. The number of carbonyl (C=O) groups excluding carboxylic acids is 1. The first kappa shape index (κ1) is 23.0. The Kier molecular flexibility index (Phi) is 8.50. The molecule has 2 atom stereocenters. The Balaban J connectivity index is 1.38. The molecule has 0 amide bonds. The van der Waals surface area contributed by atoms with Gasteiger partial charge in [0.25, 0.3) is 0 Å². The zero-order chi connectivity index (χ0) is 21.5. The van der Waals surface area contributed by atoms with E-state index in [9.17, 15) is 9.00 Å². The maximum atomic E-state index is 11.9. The van der Waals surface area contributed by atoms with Gasteiger partial charge in [0.2, 0.25) is 0 Å². The van der Waals surface area contributed by atoms with Crippen LogP contribution in [0.5, 0.6) is 0 Å². The Labute approximate surface area is 183 Å². The number of terminal acetylenes is 1. The SMILES string of the molecule is C#CCC(=O)C(N)C1CCC(CCN2CCN(c3cccc(S(C)=O)c3)CC2)CC1. The molecule has 5 nitrogen and oxygen atoms in total. The summed E-state index contributed by atoms with van der Waals surface area (Å²) >= 11 is 0. The average molecular weight is 430 g/mol. The van der Waals surface area contributed by atoms with Crippen molar-refractivity contribution < 1.29 is 9.00 Å². The van der Waals surface area contributed by atoms with Gasteiger partial charge in [-0.05, 0) is 55.8 Å². The number of benzene rings is 1. The van der Waals surface area contributed by atoms with Crippen LogP contribution in [0.2, 0.25) is 0 Å². The van der Waals surface area contributed by atoms with Crippen molar-refractivity contribution in [2.24, 2.45) is 17.6 Å². The summed E-state index contributed by atoms with van der Waals surface area (Å²) < 4.78 is 11.7. The molecule has 0 radical (unpaired) electrons. The summed E-state index contributed by atoms with van der Waals surface area (Å²) in [7, 11) is -0.939. The summed E-state index contributed by atoms with van der Waals surface area (Å²) in [5, 5.41) is 0. The Morgan fingerprint density at radius 3 is 2.57 bits per heavy atom. The number of Topliss-reactive ketones (excluding diaryl/α,β-unsaturated/α-hetero) is 1. The fourth-order valence-corrected chi connectivity index (χ4v) is 5.33. The highest BCUT2D eigenvalue weighted by molar-refractivity contribution is 7.84. The summed E-state index contributed by atoms with van der Waals surface area (Å²) in [6, 6.07) is 7.73. The number of nitrogens with two attached hydrogens (primary N) is 1. The molecule has 3 rings (SSSR count). The van der Waals surface area contributed by atoms with Crippen molar-refractivity contribution >= 4 is 22.3 Å². The second-order valence-electron chi connectivity index (χ2n) is 8.72. The molecule has 30 heavy (non-hydrogen) atoms. The lowest BCUT2D eigenvalue weighted by molar-refractivity contribution is -0.120. The van der Waals surface area contributed by atoms with Gasteiger partial charge in [-0.1, -0.05) is 24.8 Å². The number of hydrogen-bond acceptors (Lipinski definition) is 5. The van der Waals surface area contributed by atoms with Crippen molar-refractivity contribution in [3.8, 4) is 12.3 Å². The molecular weight excluding hydrogens is 394 g/mol. The van der Waals surface area contributed by atoms with Crippen LogP contribution in [-0.4, -0.2) is 59.9 Å². The highest BCUT2D eigenvalue weighted by Crippen LogP contribution is 2.33. The Morgan fingerprint density at radius 2 is 1.93 bits per heavy atom. The zero-order valence-corrected chi connectivity index (χ0v) is 18.9. The van der Waals surface area contributed by atoms with Crippen molar-refractivity contribution in [2.75, 3.05) is 43.9 Å². The van der Waals surface area contributed by atoms with Gasteiger partial charge in [-0.3, -0.25) is 13.9 Å². The first-order valence-corrected chi connectivity index (χ1v) is 12.7. The number of carbonyl (C=O) groups is 1. The number of ketones is 1. The predicted octanol–water partition coefficient (Wildman–Crippen LogP) is 2.66. The van der Waals surface area contributed by atoms with E-state index in [1.165, 1.54) is 24.9 Å². The largest absolute Gasteiger partial charge is 0.369 e. The Bertz CT molecular complexity index is 775. The summed E-state index contributed by atoms with van der Waals surface area (Å²) in [5.41, 5.74) is 7.30. The third kappa shape index (κ3) is 6.16. The average Bonchev–Trinajstić information content (AvgIpc) is 2.78. The molecule has 1 heterocycles. The lowest BCUT2D eigenvalue weighted by Gasteiger charge is -2.37. The highest BCUT2D eigenvalue weighted by Gasteiger charge is 2.29. The van der Waals surface area contributed by atoms with Crippen molar-refractivity contribution in [2.45, 2.75) is 49.5 Å². The molecule has 2 N–H and O–H groups in total. The number of rotatable bonds is 8. The summed E-state index contributed by atoms with van der Waals surface area (Å²) in [5.74, 6) is 3.49. The Hall–Kier alpha value is -1.68. The summed E-state index contributed by atoms with van der Waals surface area (Å²) in [6.07, 6.45) is 12.8. The van der Waals surface area contributed by atoms with Crippen molar-refractivity contribution in [1.29, 1.82) is 0 Å². The van der Waals surface area contributed by atoms with Crippen molar-refractivity contribution in [1.82, 2.24) is 4.90 Å². The molecule has 164 valence electrons. The van der Waals surface area contributed by atoms with E-state index >= 15 is 0 Å². The van der Waals surface area contributed by atoms with Gasteiger partial charge >= 0.3 is 0 Å². The second-order valence-corrected chi connectivity index (χ2v) is 10.1. The van der Waals surface area contributed by atoms with Crippen molar-refractivity contribution in [3.63, 3.8) is 0 Å². The highest BCUT2D eigenvalue weighted by atomic mass is 32.2. The van der Waals surface area contributed by atoms with Gasteiger partial charge in [0.05, 0.1) is 12.5 Å². The molecule has 6 heteroatoms. The lowest BCUT2D eigenvalue weighted by Crippen LogP contribution is -2.47. The van der Waals surface area contributed by atoms with E-state index in [2.05, 4.69) is 27.9 Å². The molecule has 1 saturated carbocycles. The van der Waals surface area contributed by atoms with Crippen LogP contribution < -0.4 is 10.6 Å². The van der Waals surface area contributed by atoms with Crippen LogP contribution in [-0.2, 0) is 15.6 Å². The zero-order valence-electron chi connectivity index (χ0n) is 18.1. The first-order valence-electron chi connectivity index (χ1n) is 11.1. The summed E-state index contributed by atoms with van der Waals surface area (Å²) in [6.45, 7) is 5.31. The van der Waals surface area contributed by atoms with Gasteiger partial charge in [0, 0.05) is 53.8 Å². The number of anilines is 1. The maximum Gasteiger partial charge on any atom is 0.161 e. The van der Waals surface area contributed by atoms with E-state index in [0.717, 1.165) is 56.4 Å². The van der Waals surface area contributed by atoms with Gasteiger partial charge in [-0.15, -0.1) is 6.42 Å². The van der Waals surface area contributed by atoms with Gasteiger partial charge in [-0.25, -0.2) is 0 Å². The monoisotopic (exact) mass is 429 g/mol. The van der Waals surface area contributed by atoms with Crippen LogP contribution in [0.1, 0.15) is 38.5 Å². The van der Waals surface area contributed by atoms with Gasteiger partial charge in [0.15, 0.2) is 5.78 Å². The second kappa shape index (κ2) is 11.1. The molecule has 1 aliphatic carbocycles. The molecule has 2 unspecified atom stereocenters. The fraction of sp³-hybridized carbons (Fsp3) is 0.625. The quantitative estimate of drug-likeness (QED) is 0.644. The normalized spacial score (nSPS) is 24.8. The molecule has 1 aliphatic heterocycles. The van der Waals surface area contributed by atoms with E-state index in [-0.39, 0.29) is 18.2 Å². The molecule has 2 fully saturated rings.